The van der Waals surface area contributed by atoms with Gasteiger partial charge in [-0.2, -0.15) is 5.10 Å². The third-order valence-electron chi connectivity index (χ3n) is 5.50. The molecule has 29 heavy (non-hydrogen) atoms. The summed E-state index contributed by atoms with van der Waals surface area (Å²) in [4.78, 5) is 26.5. The standard InChI is InChI=1S/C22H28N4O3/c1-16(15-26-12-2-11-23-26)24-21(27)17-5-7-19(8-6-17)29-20-9-13-25(14-10-20)22(28)18-3-4-18/h2,5-8,11-12,16,18,20H,3-4,9-10,13-15H2,1H3,(H,24,27)/t16-/m1/s1. The summed E-state index contributed by atoms with van der Waals surface area (Å²) in [7, 11) is 0. The zero-order valence-electron chi connectivity index (χ0n) is 16.8. The van der Waals surface area contributed by atoms with Gasteiger partial charge >= 0.3 is 0 Å². The number of nitrogens with zero attached hydrogens (tertiary/aromatic N) is 3. The first-order valence-corrected chi connectivity index (χ1v) is 10.4. The van der Waals surface area contributed by atoms with Crippen molar-refractivity contribution in [2.45, 2.75) is 51.3 Å². The number of benzene rings is 1. The van der Waals surface area contributed by atoms with Crippen LogP contribution in [0.15, 0.2) is 42.7 Å². The van der Waals surface area contributed by atoms with Crippen molar-refractivity contribution >= 4 is 11.8 Å². The molecule has 2 amide bonds. The summed E-state index contributed by atoms with van der Waals surface area (Å²) in [5.41, 5.74) is 0.606. The normalized spacial score (nSPS) is 18.3. The fraction of sp³-hybridized carbons (Fsp3) is 0.500. The molecule has 1 aliphatic carbocycles. The van der Waals surface area contributed by atoms with Gasteiger partial charge in [-0.3, -0.25) is 14.3 Å². The van der Waals surface area contributed by atoms with Crippen molar-refractivity contribution in [2.75, 3.05) is 13.1 Å². The molecule has 154 valence electrons. The van der Waals surface area contributed by atoms with Gasteiger partial charge < -0.3 is 15.0 Å². The number of ether oxygens (including phenoxy) is 1. The molecule has 7 heteroatoms. The van der Waals surface area contributed by atoms with E-state index in [1.54, 1.807) is 23.0 Å². The van der Waals surface area contributed by atoms with E-state index < -0.39 is 0 Å². The fourth-order valence-electron chi connectivity index (χ4n) is 3.70. The summed E-state index contributed by atoms with van der Waals surface area (Å²) in [6.45, 7) is 4.13. The van der Waals surface area contributed by atoms with Gasteiger partial charge in [-0.05, 0) is 50.1 Å². The van der Waals surface area contributed by atoms with E-state index in [2.05, 4.69) is 10.4 Å². The molecule has 0 bridgehead atoms. The number of hydrogen-bond acceptors (Lipinski definition) is 4. The second-order valence-electron chi connectivity index (χ2n) is 8.04. The fourth-order valence-corrected chi connectivity index (χ4v) is 3.70. The third kappa shape index (κ3) is 5.16. The monoisotopic (exact) mass is 396 g/mol. The number of nitrogens with one attached hydrogen (secondary N) is 1. The predicted molar refractivity (Wildman–Crippen MR) is 109 cm³/mol. The number of rotatable bonds is 7. The number of carbonyl (C=O) groups excluding carboxylic acids is 2. The molecule has 0 radical (unpaired) electrons. The topological polar surface area (TPSA) is 76.5 Å². The molecule has 4 rings (SSSR count). The molecule has 1 aliphatic heterocycles. The summed E-state index contributed by atoms with van der Waals surface area (Å²) in [5, 5.41) is 7.14. The second-order valence-corrected chi connectivity index (χ2v) is 8.04. The minimum atomic E-state index is -0.108. The van der Waals surface area contributed by atoms with Crippen LogP contribution in [-0.4, -0.2) is 51.7 Å². The van der Waals surface area contributed by atoms with Gasteiger partial charge in [-0.15, -0.1) is 0 Å². The van der Waals surface area contributed by atoms with Gasteiger partial charge in [-0.25, -0.2) is 0 Å². The number of aromatic nitrogens is 2. The van der Waals surface area contributed by atoms with E-state index in [0.717, 1.165) is 44.5 Å². The first-order valence-electron chi connectivity index (χ1n) is 10.4. The lowest BCUT2D eigenvalue weighted by atomic mass is 10.1. The average molecular weight is 396 g/mol. The third-order valence-corrected chi connectivity index (χ3v) is 5.50. The number of hydrogen-bond donors (Lipinski definition) is 1. The van der Waals surface area contributed by atoms with Crippen LogP contribution in [0.4, 0.5) is 0 Å². The molecular weight excluding hydrogens is 368 g/mol. The van der Waals surface area contributed by atoms with Crippen LogP contribution in [0.2, 0.25) is 0 Å². The van der Waals surface area contributed by atoms with Crippen molar-refractivity contribution in [1.82, 2.24) is 20.0 Å². The number of carbonyl (C=O) groups is 2. The van der Waals surface area contributed by atoms with Crippen molar-refractivity contribution in [1.29, 1.82) is 0 Å². The van der Waals surface area contributed by atoms with Crippen molar-refractivity contribution in [3.05, 3.63) is 48.3 Å². The van der Waals surface area contributed by atoms with Gasteiger partial charge in [0, 0.05) is 55.8 Å². The van der Waals surface area contributed by atoms with E-state index in [1.165, 1.54) is 0 Å². The van der Waals surface area contributed by atoms with Crippen molar-refractivity contribution in [3.8, 4) is 5.75 Å². The minimum Gasteiger partial charge on any atom is -0.490 e. The second kappa shape index (κ2) is 8.68. The maximum absolute atomic E-state index is 12.4. The maximum atomic E-state index is 12.4. The summed E-state index contributed by atoms with van der Waals surface area (Å²) in [6, 6.07) is 9.10. The zero-order chi connectivity index (χ0) is 20.2. The molecule has 2 heterocycles. The Bertz CT molecular complexity index is 822. The quantitative estimate of drug-likeness (QED) is 0.780. The first kappa shape index (κ1) is 19.5. The van der Waals surface area contributed by atoms with Crippen LogP contribution >= 0.6 is 0 Å². The van der Waals surface area contributed by atoms with Crippen LogP contribution in [-0.2, 0) is 11.3 Å². The van der Waals surface area contributed by atoms with Crippen molar-refractivity contribution in [3.63, 3.8) is 0 Å². The zero-order valence-corrected chi connectivity index (χ0v) is 16.8. The Hall–Kier alpha value is -2.83. The number of piperidine rings is 1. The molecule has 0 unspecified atom stereocenters. The Morgan fingerprint density at radius 1 is 1.17 bits per heavy atom. The number of amides is 2. The van der Waals surface area contributed by atoms with Gasteiger partial charge in [0.25, 0.3) is 5.91 Å². The average Bonchev–Trinajstić information content (AvgIpc) is 3.46. The van der Waals surface area contributed by atoms with E-state index in [0.29, 0.717) is 18.0 Å². The highest BCUT2D eigenvalue weighted by atomic mass is 16.5. The molecule has 2 aromatic rings. The van der Waals surface area contributed by atoms with Crippen LogP contribution in [0.5, 0.6) is 5.75 Å². The Labute approximate surface area is 171 Å². The molecule has 1 N–H and O–H groups in total. The summed E-state index contributed by atoms with van der Waals surface area (Å²) in [6.07, 6.45) is 7.53. The van der Waals surface area contributed by atoms with Crippen LogP contribution in [0, 0.1) is 5.92 Å². The minimum absolute atomic E-state index is 0.0261. The summed E-state index contributed by atoms with van der Waals surface area (Å²) < 4.78 is 7.86. The maximum Gasteiger partial charge on any atom is 0.251 e. The van der Waals surface area contributed by atoms with Gasteiger partial charge in [0.05, 0.1) is 6.54 Å². The van der Waals surface area contributed by atoms with Crippen LogP contribution < -0.4 is 10.1 Å². The van der Waals surface area contributed by atoms with Crippen LogP contribution in [0.3, 0.4) is 0 Å². The summed E-state index contributed by atoms with van der Waals surface area (Å²) >= 11 is 0. The smallest absolute Gasteiger partial charge is 0.251 e. The Morgan fingerprint density at radius 3 is 2.52 bits per heavy atom. The van der Waals surface area contributed by atoms with Crippen molar-refractivity contribution < 1.29 is 14.3 Å². The molecule has 2 aliphatic rings. The Balaban J connectivity index is 1.23. The molecule has 1 aromatic heterocycles. The van der Waals surface area contributed by atoms with Gasteiger partial charge in [0.15, 0.2) is 0 Å². The SMILES string of the molecule is C[C@H](Cn1cccn1)NC(=O)c1ccc(OC2CCN(C(=O)C3CC3)CC2)cc1. The van der Waals surface area contributed by atoms with Gasteiger partial charge in [0.1, 0.15) is 11.9 Å². The lowest BCUT2D eigenvalue weighted by Crippen LogP contribution is -2.42. The van der Waals surface area contributed by atoms with Crippen LogP contribution in [0.25, 0.3) is 0 Å². The molecule has 1 saturated heterocycles. The molecule has 1 aromatic carbocycles. The van der Waals surface area contributed by atoms with Gasteiger partial charge in [0.2, 0.25) is 5.91 Å². The van der Waals surface area contributed by atoms with Crippen LogP contribution in [0.1, 0.15) is 43.0 Å². The van der Waals surface area contributed by atoms with E-state index >= 15 is 0 Å². The molecule has 7 nitrogen and oxygen atoms in total. The highest BCUT2D eigenvalue weighted by Crippen LogP contribution is 2.32. The van der Waals surface area contributed by atoms with Gasteiger partial charge in [-0.1, -0.05) is 0 Å². The highest BCUT2D eigenvalue weighted by Gasteiger charge is 2.35. The van der Waals surface area contributed by atoms with E-state index in [1.807, 2.05) is 36.2 Å². The largest absolute Gasteiger partial charge is 0.490 e. The Kier molecular flexibility index (Phi) is 5.83. The molecule has 2 fully saturated rings. The first-order chi connectivity index (χ1) is 14.1. The highest BCUT2D eigenvalue weighted by molar-refractivity contribution is 5.94. The molecular formula is C22H28N4O3. The van der Waals surface area contributed by atoms with E-state index in [-0.39, 0.29) is 24.0 Å². The Morgan fingerprint density at radius 2 is 1.90 bits per heavy atom. The summed E-state index contributed by atoms with van der Waals surface area (Å²) in [5.74, 6) is 1.26. The molecule has 1 atom stereocenters. The number of likely N-dealkylation sites (tertiary alicyclic amines) is 1. The van der Waals surface area contributed by atoms with Crippen molar-refractivity contribution in [2.24, 2.45) is 5.92 Å². The van der Waals surface area contributed by atoms with E-state index in [4.69, 9.17) is 4.74 Å². The predicted octanol–water partition coefficient (Wildman–Crippen LogP) is 2.48. The molecule has 1 saturated carbocycles. The molecule has 0 spiro atoms. The van der Waals surface area contributed by atoms with E-state index in [9.17, 15) is 9.59 Å². The lowest BCUT2D eigenvalue weighted by Gasteiger charge is -2.32. The lowest BCUT2D eigenvalue weighted by molar-refractivity contribution is -0.134.